The van der Waals surface area contributed by atoms with Crippen molar-refractivity contribution in [1.82, 2.24) is 9.62 Å². The van der Waals surface area contributed by atoms with E-state index in [9.17, 15) is 17.6 Å². The normalized spacial score (nSPS) is 17.3. The number of sulfonamides is 1. The smallest absolute Gasteiger partial charge is 0.243 e. The first kappa shape index (κ1) is 23.3. The largest absolute Gasteiger partial charge is 0.355 e. The lowest BCUT2D eigenvalue weighted by molar-refractivity contribution is -0.125. The SMILES string of the molecule is O=C(NCCSCc1ccccc1F)C1CCN(S(=O)(=O)c2ccc3c(c2)CCC3)CC1. The van der Waals surface area contributed by atoms with Crippen LogP contribution in [0, 0.1) is 11.7 Å². The van der Waals surface area contributed by atoms with Crippen LogP contribution >= 0.6 is 11.8 Å². The maximum atomic E-state index is 13.6. The summed E-state index contributed by atoms with van der Waals surface area (Å²) in [7, 11) is -3.52. The van der Waals surface area contributed by atoms with Gasteiger partial charge in [0.05, 0.1) is 4.90 Å². The van der Waals surface area contributed by atoms with Gasteiger partial charge in [0.15, 0.2) is 0 Å². The highest BCUT2D eigenvalue weighted by atomic mass is 32.2. The second-order valence-electron chi connectivity index (χ2n) is 8.40. The van der Waals surface area contributed by atoms with Gasteiger partial charge in [0.25, 0.3) is 0 Å². The summed E-state index contributed by atoms with van der Waals surface area (Å²) in [5.41, 5.74) is 3.07. The summed E-state index contributed by atoms with van der Waals surface area (Å²) in [5, 5.41) is 2.95. The minimum atomic E-state index is -3.52. The van der Waals surface area contributed by atoms with Crippen molar-refractivity contribution < 1.29 is 17.6 Å². The molecule has 172 valence electrons. The van der Waals surface area contributed by atoms with Crippen molar-refractivity contribution in [1.29, 1.82) is 0 Å². The molecule has 0 aromatic heterocycles. The number of nitrogens with one attached hydrogen (secondary N) is 1. The topological polar surface area (TPSA) is 66.5 Å². The quantitative estimate of drug-likeness (QED) is 0.589. The number of nitrogens with zero attached hydrogens (tertiary/aromatic N) is 1. The first-order chi connectivity index (χ1) is 15.4. The van der Waals surface area contributed by atoms with Gasteiger partial charge in [0.2, 0.25) is 15.9 Å². The molecular weight excluding hydrogens is 447 g/mol. The fourth-order valence-corrected chi connectivity index (χ4v) is 6.77. The van der Waals surface area contributed by atoms with Crippen molar-refractivity contribution >= 4 is 27.7 Å². The van der Waals surface area contributed by atoms with E-state index >= 15 is 0 Å². The van der Waals surface area contributed by atoms with Gasteiger partial charge in [-0.3, -0.25) is 4.79 Å². The molecule has 1 aliphatic heterocycles. The summed E-state index contributed by atoms with van der Waals surface area (Å²) < 4.78 is 41.2. The van der Waals surface area contributed by atoms with Crippen LogP contribution in [0.1, 0.15) is 36.0 Å². The van der Waals surface area contributed by atoms with Crippen LogP contribution in [-0.2, 0) is 33.4 Å². The second kappa shape index (κ2) is 10.4. The van der Waals surface area contributed by atoms with E-state index in [4.69, 9.17) is 0 Å². The maximum absolute atomic E-state index is 13.6. The second-order valence-corrected chi connectivity index (χ2v) is 11.4. The summed E-state index contributed by atoms with van der Waals surface area (Å²) in [5.74, 6) is 0.877. The lowest BCUT2D eigenvalue weighted by Crippen LogP contribution is -2.43. The Morgan fingerprint density at radius 2 is 1.84 bits per heavy atom. The van der Waals surface area contributed by atoms with Gasteiger partial charge in [0, 0.05) is 37.1 Å². The van der Waals surface area contributed by atoms with Crippen LogP contribution < -0.4 is 5.32 Å². The van der Waals surface area contributed by atoms with Gasteiger partial charge < -0.3 is 5.32 Å². The standard InChI is InChI=1S/C24H29FN2O3S2/c25-23-7-2-1-4-21(23)17-31-15-12-26-24(28)19-10-13-27(14-11-19)32(29,30)22-9-8-18-5-3-6-20(18)16-22/h1-2,4,7-9,16,19H,3,5-6,10-15,17H2,(H,26,28). The Labute approximate surface area is 193 Å². The van der Waals surface area contributed by atoms with Crippen molar-refractivity contribution in [3.8, 4) is 0 Å². The summed E-state index contributed by atoms with van der Waals surface area (Å²) in [6.45, 7) is 1.24. The van der Waals surface area contributed by atoms with Crippen LogP contribution in [0.3, 0.4) is 0 Å². The Kier molecular flexibility index (Phi) is 7.53. The summed E-state index contributed by atoms with van der Waals surface area (Å²) in [4.78, 5) is 12.9. The third kappa shape index (κ3) is 5.35. The van der Waals surface area contributed by atoms with Gasteiger partial charge >= 0.3 is 0 Å². The van der Waals surface area contributed by atoms with Gasteiger partial charge in [-0.05, 0) is 67.0 Å². The van der Waals surface area contributed by atoms with Gasteiger partial charge in [-0.1, -0.05) is 24.3 Å². The zero-order chi connectivity index (χ0) is 22.6. The third-order valence-corrected chi connectivity index (χ3v) is 9.20. The van der Waals surface area contributed by atoms with Crippen LogP contribution in [0.5, 0.6) is 0 Å². The molecule has 1 N–H and O–H groups in total. The van der Waals surface area contributed by atoms with Gasteiger partial charge in [-0.25, -0.2) is 12.8 Å². The molecule has 1 aliphatic carbocycles. The first-order valence-corrected chi connectivity index (χ1v) is 13.8. The van der Waals surface area contributed by atoms with Crippen molar-refractivity contribution in [3.05, 3.63) is 65.0 Å². The average Bonchev–Trinajstić information content (AvgIpc) is 3.28. The van der Waals surface area contributed by atoms with Gasteiger partial charge in [-0.2, -0.15) is 16.1 Å². The minimum Gasteiger partial charge on any atom is -0.355 e. The highest BCUT2D eigenvalue weighted by Gasteiger charge is 2.32. The molecule has 0 atom stereocenters. The van der Waals surface area contributed by atoms with Crippen molar-refractivity contribution in [3.63, 3.8) is 0 Å². The number of hydrogen-bond donors (Lipinski definition) is 1. The van der Waals surface area contributed by atoms with Crippen LogP contribution in [-0.4, -0.2) is 44.0 Å². The molecule has 5 nitrogen and oxygen atoms in total. The number of rotatable bonds is 8. The first-order valence-electron chi connectivity index (χ1n) is 11.2. The Balaban J connectivity index is 1.21. The number of carbonyl (C=O) groups is 1. The maximum Gasteiger partial charge on any atom is 0.243 e. The number of amides is 1. The summed E-state index contributed by atoms with van der Waals surface area (Å²) in [6.07, 6.45) is 4.11. The number of aryl methyl sites for hydroxylation is 2. The lowest BCUT2D eigenvalue weighted by atomic mass is 9.97. The molecule has 2 aliphatic rings. The fraction of sp³-hybridized carbons (Fsp3) is 0.458. The Morgan fingerprint density at radius 1 is 1.09 bits per heavy atom. The number of piperidine rings is 1. The summed E-state index contributed by atoms with van der Waals surface area (Å²) >= 11 is 1.58. The molecule has 0 bridgehead atoms. The molecule has 1 heterocycles. The number of fused-ring (bicyclic) bond motifs is 1. The highest BCUT2D eigenvalue weighted by Crippen LogP contribution is 2.28. The van der Waals surface area contributed by atoms with E-state index in [-0.39, 0.29) is 17.6 Å². The predicted molar refractivity (Wildman–Crippen MR) is 126 cm³/mol. The predicted octanol–water partition coefficient (Wildman–Crippen LogP) is 3.76. The van der Waals surface area contributed by atoms with Crippen LogP contribution in [0.4, 0.5) is 4.39 Å². The third-order valence-electron chi connectivity index (χ3n) is 6.29. The molecule has 2 aromatic carbocycles. The van der Waals surface area contributed by atoms with Crippen LogP contribution in [0.25, 0.3) is 0 Å². The van der Waals surface area contributed by atoms with Crippen LogP contribution in [0.2, 0.25) is 0 Å². The number of carbonyl (C=O) groups excluding carboxylic acids is 1. The van der Waals surface area contributed by atoms with Gasteiger partial charge in [0.1, 0.15) is 5.82 Å². The molecule has 1 saturated heterocycles. The van der Waals surface area contributed by atoms with E-state index in [0.29, 0.717) is 54.4 Å². The Hall–Kier alpha value is -1.90. The average molecular weight is 477 g/mol. The Morgan fingerprint density at radius 3 is 2.62 bits per heavy atom. The molecule has 0 unspecified atom stereocenters. The van der Waals surface area contributed by atoms with Crippen molar-refractivity contribution in [2.75, 3.05) is 25.4 Å². The lowest BCUT2D eigenvalue weighted by Gasteiger charge is -2.30. The van der Waals surface area contributed by atoms with Gasteiger partial charge in [-0.15, -0.1) is 0 Å². The molecule has 1 amide bonds. The van der Waals surface area contributed by atoms with Crippen LogP contribution in [0.15, 0.2) is 47.4 Å². The number of hydrogen-bond acceptors (Lipinski definition) is 4. The van der Waals surface area contributed by atoms with E-state index in [2.05, 4.69) is 5.32 Å². The molecule has 0 spiro atoms. The minimum absolute atomic E-state index is 0.0222. The molecule has 0 saturated carbocycles. The van der Waals surface area contributed by atoms with E-state index in [1.807, 2.05) is 18.2 Å². The zero-order valence-electron chi connectivity index (χ0n) is 18.1. The molecule has 1 fully saturated rings. The molecule has 8 heteroatoms. The highest BCUT2D eigenvalue weighted by molar-refractivity contribution is 7.98. The molecule has 4 rings (SSSR count). The zero-order valence-corrected chi connectivity index (χ0v) is 19.7. The number of halogens is 1. The number of thioether (sulfide) groups is 1. The molecule has 32 heavy (non-hydrogen) atoms. The van der Waals surface area contributed by atoms with E-state index in [1.54, 1.807) is 30.0 Å². The molecular formula is C24H29FN2O3S2. The van der Waals surface area contributed by atoms with E-state index in [1.165, 1.54) is 15.9 Å². The van der Waals surface area contributed by atoms with E-state index < -0.39 is 10.0 Å². The fourth-order valence-electron chi connectivity index (χ4n) is 4.40. The van der Waals surface area contributed by atoms with Crippen molar-refractivity contribution in [2.24, 2.45) is 5.92 Å². The molecule has 0 radical (unpaired) electrons. The monoisotopic (exact) mass is 476 g/mol. The summed E-state index contributed by atoms with van der Waals surface area (Å²) in [6, 6.07) is 12.2. The van der Waals surface area contributed by atoms with Crippen molar-refractivity contribution in [2.45, 2.75) is 42.8 Å². The molecule has 2 aromatic rings. The van der Waals surface area contributed by atoms with E-state index in [0.717, 1.165) is 24.8 Å². The Bertz CT molecular complexity index is 1070. The number of benzene rings is 2.